The SMILES string of the molecule is CCN(CC)[C-](C)c1ccccc1.[C-]1=CC=CC1.[Cl-].[Cl-].[Cl-].[Zr+3]. The van der Waals surface area contributed by atoms with E-state index in [1.807, 2.05) is 12.2 Å². The van der Waals surface area contributed by atoms with Crippen LogP contribution in [0.15, 0.2) is 48.6 Å². The number of nitrogens with zero attached hydrogens (tertiary/aromatic N) is 1. The van der Waals surface area contributed by atoms with Gasteiger partial charge in [0.25, 0.3) is 0 Å². The minimum absolute atomic E-state index is 0. The molecule has 0 saturated carbocycles. The molecule has 0 amide bonds. The van der Waals surface area contributed by atoms with Crippen molar-refractivity contribution in [3.8, 4) is 0 Å². The van der Waals surface area contributed by atoms with Crippen LogP contribution in [-0.2, 0) is 26.2 Å². The van der Waals surface area contributed by atoms with Crippen LogP contribution in [0.5, 0.6) is 0 Å². The Morgan fingerprint density at radius 3 is 1.91 bits per heavy atom. The van der Waals surface area contributed by atoms with Crippen molar-refractivity contribution in [2.45, 2.75) is 27.2 Å². The van der Waals surface area contributed by atoms with Gasteiger partial charge >= 0.3 is 26.2 Å². The normalized spacial score (nSPS) is 10.2. The molecular formula is C17H23Cl3NZr-2. The molecule has 0 saturated heterocycles. The van der Waals surface area contributed by atoms with Crippen molar-refractivity contribution >= 4 is 0 Å². The zero-order chi connectivity index (χ0) is 13.2. The fourth-order valence-corrected chi connectivity index (χ4v) is 1.90. The van der Waals surface area contributed by atoms with E-state index in [4.69, 9.17) is 0 Å². The predicted octanol–water partition coefficient (Wildman–Crippen LogP) is -4.76. The van der Waals surface area contributed by atoms with E-state index >= 15 is 0 Å². The predicted molar refractivity (Wildman–Crippen MR) is 79.0 cm³/mol. The first kappa shape index (κ1) is 30.2. The van der Waals surface area contributed by atoms with Crippen LogP contribution in [-0.4, -0.2) is 18.0 Å². The van der Waals surface area contributed by atoms with Gasteiger partial charge < -0.3 is 42.1 Å². The molecule has 22 heavy (non-hydrogen) atoms. The molecule has 1 aliphatic rings. The smallest absolute Gasteiger partial charge is 1.00 e. The van der Waals surface area contributed by atoms with Crippen LogP contribution < -0.4 is 37.2 Å². The van der Waals surface area contributed by atoms with E-state index in [-0.39, 0.29) is 63.4 Å². The molecule has 1 nitrogen and oxygen atoms in total. The largest absolute Gasteiger partial charge is 3.00 e. The topological polar surface area (TPSA) is 3.24 Å². The van der Waals surface area contributed by atoms with Crippen LogP contribution >= 0.6 is 0 Å². The van der Waals surface area contributed by atoms with Crippen molar-refractivity contribution in [3.63, 3.8) is 0 Å². The fraction of sp³-hybridized carbons (Fsp3) is 0.353. The maximum absolute atomic E-state index is 2.99. The maximum Gasteiger partial charge on any atom is 3.00 e. The molecule has 1 aromatic carbocycles. The molecular weight excluding hydrogens is 416 g/mol. The van der Waals surface area contributed by atoms with Crippen molar-refractivity contribution in [2.24, 2.45) is 0 Å². The van der Waals surface area contributed by atoms with Gasteiger partial charge in [-0.05, 0) is 13.1 Å². The summed E-state index contributed by atoms with van der Waals surface area (Å²) < 4.78 is 0. The Hall–Kier alpha value is 0.283. The summed E-state index contributed by atoms with van der Waals surface area (Å²) in [7, 11) is 0. The summed E-state index contributed by atoms with van der Waals surface area (Å²) in [4.78, 5) is 2.37. The van der Waals surface area contributed by atoms with Gasteiger partial charge in [0.05, 0.1) is 0 Å². The molecule has 0 aromatic heterocycles. The van der Waals surface area contributed by atoms with Crippen LogP contribution in [0.3, 0.4) is 0 Å². The molecule has 0 spiro atoms. The third-order valence-corrected chi connectivity index (χ3v) is 3.02. The molecule has 123 valence electrons. The molecule has 1 aromatic rings. The molecule has 0 fully saturated rings. The molecule has 2 rings (SSSR count). The van der Waals surface area contributed by atoms with E-state index < -0.39 is 0 Å². The molecule has 0 unspecified atom stereocenters. The summed E-state index contributed by atoms with van der Waals surface area (Å²) >= 11 is 0. The first-order valence-electron chi connectivity index (χ1n) is 6.65. The molecule has 0 heterocycles. The number of halogens is 3. The zero-order valence-corrected chi connectivity index (χ0v) is 18.0. The number of hydrogen-bond donors (Lipinski definition) is 0. The van der Waals surface area contributed by atoms with Crippen molar-refractivity contribution in [1.82, 2.24) is 4.90 Å². The Morgan fingerprint density at radius 2 is 1.59 bits per heavy atom. The second-order valence-electron chi connectivity index (χ2n) is 4.13. The standard InChI is InChI=1S/C12H18N.C5H5.3ClH.Zr/c1-4-13(5-2)11(3)12-9-7-6-8-10-12;1-2-4-5-3-1;;;;/h6-10H,4-5H2,1-3H3;1-3H,4H2;3*1H;/q2*-1;;;;+3/p-3. The number of rotatable bonds is 4. The first-order chi connectivity index (χ1) is 8.79. The number of hydrogen-bond acceptors (Lipinski definition) is 1. The van der Waals surface area contributed by atoms with E-state index in [2.05, 4.69) is 68.2 Å². The molecule has 0 atom stereocenters. The van der Waals surface area contributed by atoms with E-state index in [1.54, 1.807) is 0 Å². The quantitative estimate of drug-likeness (QED) is 0.427. The number of benzene rings is 1. The van der Waals surface area contributed by atoms with Crippen molar-refractivity contribution in [2.75, 3.05) is 13.1 Å². The zero-order valence-electron chi connectivity index (χ0n) is 13.3. The van der Waals surface area contributed by atoms with Gasteiger partial charge in [-0.25, -0.2) is 12.2 Å². The Balaban J connectivity index is -0.000000156. The van der Waals surface area contributed by atoms with Crippen LogP contribution in [0.1, 0.15) is 32.8 Å². The average molecular weight is 439 g/mol. The Bertz CT molecular complexity index is 369. The van der Waals surface area contributed by atoms with Crippen LogP contribution in [0, 0.1) is 12.1 Å². The first-order valence-corrected chi connectivity index (χ1v) is 6.65. The Labute approximate surface area is 174 Å². The minimum atomic E-state index is 0. The van der Waals surface area contributed by atoms with Gasteiger partial charge in [-0.3, -0.25) is 6.08 Å². The maximum atomic E-state index is 2.99. The molecule has 5 heteroatoms. The van der Waals surface area contributed by atoms with E-state index in [1.165, 1.54) is 11.6 Å². The molecule has 0 N–H and O–H groups in total. The van der Waals surface area contributed by atoms with Crippen LogP contribution in [0.4, 0.5) is 0 Å². The van der Waals surface area contributed by atoms with Gasteiger partial charge in [0, 0.05) is 0 Å². The van der Waals surface area contributed by atoms with Gasteiger partial charge in [0.15, 0.2) is 0 Å². The summed E-state index contributed by atoms with van der Waals surface area (Å²) in [5.74, 6) is 0. The summed E-state index contributed by atoms with van der Waals surface area (Å²) in [5.41, 5.74) is 1.33. The minimum Gasteiger partial charge on any atom is -1.00 e. The Kier molecular flexibility index (Phi) is 26.5. The van der Waals surface area contributed by atoms with Crippen LogP contribution in [0.25, 0.3) is 0 Å². The van der Waals surface area contributed by atoms with E-state index in [0.29, 0.717) is 0 Å². The average Bonchev–Trinajstić information content (AvgIpc) is 3.00. The van der Waals surface area contributed by atoms with Gasteiger partial charge in [0.2, 0.25) is 0 Å². The van der Waals surface area contributed by atoms with E-state index in [9.17, 15) is 0 Å². The summed E-state index contributed by atoms with van der Waals surface area (Å²) in [6, 6.07) is 11.9. The van der Waals surface area contributed by atoms with Crippen molar-refractivity contribution in [1.29, 1.82) is 0 Å². The molecule has 0 bridgehead atoms. The molecule has 1 radical (unpaired) electrons. The summed E-state index contributed by atoms with van der Waals surface area (Å²) in [6.07, 6.45) is 10.0. The van der Waals surface area contributed by atoms with Gasteiger partial charge in [-0.1, -0.05) is 26.8 Å². The fourth-order valence-electron chi connectivity index (χ4n) is 1.90. The Morgan fingerprint density at radius 1 is 1.05 bits per heavy atom. The third kappa shape index (κ3) is 11.8. The summed E-state index contributed by atoms with van der Waals surface area (Å²) in [6.45, 7) is 8.72. The number of allylic oxidation sites excluding steroid dienone is 4. The molecule has 0 aliphatic heterocycles. The van der Waals surface area contributed by atoms with Gasteiger partial charge in [-0.2, -0.15) is 23.8 Å². The van der Waals surface area contributed by atoms with Gasteiger partial charge in [-0.15, -0.1) is 24.6 Å². The van der Waals surface area contributed by atoms with Crippen LogP contribution in [0.2, 0.25) is 0 Å². The molecule has 1 aliphatic carbocycles. The van der Waals surface area contributed by atoms with Gasteiger partial charge in [0.1, 0.15) is 0 Å². The second kappa shape index (κ2) is 19.3. The summed E-state index contributed by atoms with van der Waals surface area (Å²) in [5, 5.41) is 0. The second-order valence-corrected chi connectivity index (χ2v) is 4.13. The van der Waals surface area contributed by atoms with Crippen molar-refractivity contribution < 1.29 is 63.4 Å². The monoisotopic (exact) mass is 436 g/mol. The van der Waals surface area contributed by atoms with Crippen molar-refractivity contribution in [3.05, 3.63) is 66.2 Å². The van der Waals surface area contributed by atoms with E-state index in [0.717, 1.165) is 19.5 Å². The third-order valence-electron chi connectivity index (χ3n) is 3.02.